The van der Waals surface area contributed by atoms with Crippen molar-refractivity contribution in [2.75, 3.05) is 17.6 Å². The number of aromatic nitrogens is 5. The Morgan fingerprint density at radius 3 is 2.77 bits per heavy atom. The van der Waals surface area contributed by atoms with E-state index in [-0.39, 0.29) is 42.9 Å². The van der Waals surface area contributed by atoms with Crippen LogP contribution in [-0.4, -0.2) is 72.1 Å². The third-order valence-corrected chi connectivity index (χ3v) is 7.08. The number of H-pyrrole nitrogens is 1. The molecular formula is C26H30N8O6. The number of nitrogen functional groups attached to an aromatic ring is 1. The fraction of sp³-hybridized carbons (Fsp3) is 0.423. The van der Waals surface area contributed by atoms with Crippen LogP contribution in [0.3, 0.4) is 0 Å². The minimum atomic E-state index is -0.832. The second-order valence-electron chi connectivity index (χ2n) is 10.3. The molecule has 0 spiro atoms. The summed E-state index contributed by atoms with van der Waals surface area (Å²) in [6.07, 6.45) is 3.29. The maximum atomic E-state index is 12.6. The molecule has 6 N–H and O–H groups in total. The zero-order chi connectivity index (χ0) is 28.0. The van der Waals surface area contributed by atoms with Crippen LogP contribution in [0.15, 0.2) is 37.1 Å². The molecule has 2 amide bonds. The highest BCUT2D eigenvalue weighted by Gasteiger charge is 2.56. The number of aromatic hydroxyl groups is 1. The number of imidazole rings is 1. The molecule has 0 aliphatic carbocycles. The van der Waals surface area contributed by atoms with E-state index in [0.717, 1.165) is 0 Å². The Morgan fingerprint density at radius 2 is 1.93 bits per heavy atom. The number of hydrogen-bond donors (Lipinski definition) is 5. The number of nitrogens with zero attached hydrogens (tertiary/aromatic N) is 4. The number of benzene rings is 1. The van der Waals surface area contributed by atoms with Crippen molar-refractivity contribution in [3.05, 3.63) is 37.1 Å². The van der Waals surface area contributed by atoms with Gasteiger partial charge in [0.25, 0.3) is 0 Å². The molecule has 0 saturated carbocycles. The standard InChI is InChI=1S/C26H30N8O6/c1-26(2)39-20-16(38-25(21(20)40-26)34-12-32-19-22(27)30-11-31-23(19)34)10-28-17(35)7-4-8-18(36)33-15-6-3-5-13-14(15)9-29-24(13)37/h3,5-6,9,11-12,16,20-21,25,29,37H,4,7-8,10H2,1-2H3,(H,28,35)(H,33,36)(H2,27,30,31)/t16-,20-,21-,25-/m1/s1. The summed E-state index contributed by atoms with van der Waals surface area (Å²) in [7, 11) is 0. The first-order chi connectivity index (χ1) is 19.2. The monoisotopic (exact) mass is 550 g/mol. The summed E-state index contributed by atoms with van der Waals surface area (Å²) in [5.41, 5.74) is 7.50. The summed E-state index contributed by atoms with van der Waals surface area (Å²) in [6, 6.07) is 5.26. The predicted octanol–water partition coefficient (Wildman–Crippen LogP) is 1.94. The van der Waals surface area contributed by atoms with E-state index < -0.39 is 30.3 Å². The summed E-state index contributed by atoms with van der Waals surface area (Å²) in [5.74, 6) is -0.953. The molecule has 14 nitrogen and oxygen atoms in total. The van der Waals surface area contributed by atoms with E-state index in [0.29, 0.717) is 34.0 Å². The van der Waals surface area contributed by atoms with Crippen LogP contribution in [0.4, 0.5) is 11.5 Å². The van der Waals surface area contributed by atoms with Gasteiger partial charge in [-0.05, 0) is 32.4 Å². The number of fused-ring (bicyclic) bond motifs is 3. The average molecular weight is 551 g/mol. The van der Waals surface area contributed by atoms with Gasteiger partial charge in [-0.15, -0.1) is 0 Å². The molecule has 2 fully saturated rings. The van der Waals surface area contributed by atoms with Gasteiger partial charge >= 0.3 is 0 Å². The smallest absolute Gasteiger partial charge is 0.224 e. The Hall–Kier alpha value is -4.27. The number of hydrogen-bond acceptors (Lipinski definition) is 10. The minimum absolute atomic E-state index is 0.0434. The van der Waals surface area contributed by atoms with Crippen molar-refractivity contribution < 1.29 is 28.9 Å². The van der Waals surface area contributed by atoms with E-state index in [1.54, 1.807) is 35.3 Å². The van der Waals surface area contributed by atoms with E-state index >= 15 is 0 Å². The zero-order valence-corrected chi connectivity index (χ0v) is 22.0. The largest absolute Gasteiger partial charge is 0.494 e. The Morgan fingerprint density at radius 1 is 1.12 bits per heavy atom. The van der Waals surface area contributed by atoms with Gasteiger partial charge in [-0.1, -0.05) is 6.07 Å². The van der Waals surface area contributed by atoms with Crippen molar-refractivity contribution >= 4 is 45.3 Å². The number of carbonyl (C=O) groups is 2. The van der Waals surface area contributed by atoms with Crippen molar-refractivity contribution in [1.29, 1.82) is 0 Å². The SMILES string of the molecule is CC1(C)O[C@@H]2[C@H](O1)[C@@H](CNC(=O)CCCC(=O)Nc1cccc3c(O)[nH]cc13)O[C@H]2n1cnc2c(N)ncnc21. The number of carbonyl (C=O) groups excluding carboxylic acids is 2. The van der Waals surface area contributed by atoms with Crippen LogP contribution in [-0.2, 0) is 23.8 Å². The Kier molecular flexibility index (Phi) is 6.52. The molecule has 3 aromatic heterocycles. The molecule has 2 aliphatic heterocycles. The molecule has 0 unspecified atom stereocenters. The third-order valence-electron chi connectivity index (χ3n) is 7.08. The second-order valence-corrected chi connectivity index (χ2v) is 10.3. The fourth-order valence-electron chi connectivity index (χ4n) is 5.28. The second kappa shape index (κ2) is 10.0. The van der Waals surface area contributed by atoms with Crippen LogP contribution < -0.4 is 16.4 Å². The van der Waals surface area contributed by atoms with Crippen LogP contribution in [0.2, 0.25) is 0 Å². The normalized spacial score (nSPS) is 23.4. The van der Waals surface area contributed by atoms with Crippen molar-refractivity contribution in [3.63, 3.8) is 0 Å². The van der Waals surface area contributed by atoms with Gasteiger partial charge in [-0.2, -0.15) is 0 Å². The number of amides is 2. The molecule has 210 valence electrons. The molecule has 2 aliphatic rings. The summed E-state index contributed by atoms with van der Waals surface area (Å²) in [6.45, 7) is 3.85. The highest BCUT2D eigenvalue weighted by molar-refractivity contribution is 6.03. The van der Waals surface area contributed by atoms with Gasteiger partial charge in [-0.25, -0.2) is 15.0 Å². The Balaban J connectivity index is 1.03. The van der Waals surface area contributed by atoms with Gasteiger partial charge in [0.05, 0.1) is 12.0 Å². The van der Waals surface area contributed by atoms with E-state index in [1.807, 2.05) is 13.8 Å². The molecule has 0 radical (unpaired) electrons. The predicted molar refractivity (Wildman–Crippen MR) is 143 cm³/mol. The summed E-state index contributed by atoms with van der Waals surface area (Å²) < 4.78 is 20.3. The number of nitrogens with one attached hydrogen (secondary N) is 3. The van der Waals surface area contributed by atoms with Crippen LogP contribution in [0.5, 0.6) is 5.88 Å². The lowest BCUT2D eigenvalue weighted by Crippen LogP contribution is -2.39. The molecule has 5 heterocycles. The first kappa shape index (κ1) is 26.0. The van der Waals surface area contributed by atoms with Gasteiger partial charge < -0.3 is 40.7 Å². The summed E-state index contributed by atoms with van der Waals surface area (Å²) in [4.78, 5) is 40.4. The van der Waals surface area contributed by atoms with E-state index in [2.05, 4.69) is 30.6 Å². The fourth-order valence-corrected chi connectivity index (χ4v) is 5.28. The number of rotatable bonds is 8. The third kappa shape index (κ3) is 4.80. The van der Waals surface area contributed by atoms with Crippen molar-refractivity contribution in [1.82, 2.24) is 29.8 Å². The lowest BCUT2D eigenvalue weighted by molar-refractivity contribution is -0.195. The maximum absolute atomic E-state index is 12.6. The molecule has 40 heavy (non-hydrogen) atoms. The van der Waals surface area contributed by atoms with E-state index in [9.17, 15) is 14.7 Å². The molecular weight excluding hydrogens is 520 g/mol. The lowest BCUT2D eigenvalue weighted by Gasteiger charge is -2.25. The first-order valence-corrected chi connectivity index (χ1v) is 13.0. The summed E-state index contributed by atoms with van der Waals surface area (Å²) >= 11 is 0. The Labute approximate surface area is 228 Å². The van der Waals surface area contributed by atoms with E-state index in [4.69, 9.17) is 19.9 Å². The molecule has 6 rings (SSSR count). The summed E-state index contributed by atoms with van der Waals surface area (Å²) in [5, 5.41) is 16.9. The number of nitrogens with two attached hydrogens (primary N) is 1. The highest BCUT2D eigenvalue weighted by atomic mass is 16.8. The molecule has 14 heteroatoms. The average Bonchev–Trinajstić information content (AvgIpc) is 3.66. The molecule has 2 saturated heterocycles. The quantitative estimate of drug-likeness (QED) is 0.217. The zero-order valence-electron chi connectivity index (χ0n) is 22.0. The van der Waals surface area contributed by atoms with Crippen LogP contribution in [0.1, 0.15) is 39.3 Å². The van der Waals surface area contributed by atoms with Gasteiger partial charge in [0, 0.05) is 36.4 Å². The molecule has 1 aromatic carbocycles. The highest BCUT2D eigenvalue weighted by Crippen LogP contribution is 2.43. The number of anilines is 2. The molecule has 4 atom stereocenters. The number of aromatic amines is 1. The van der Waals surface area contributed by atoms with Crippen LogP contribution in [0.25, 0.3) is 21.9 Å². The Bertz CT molecular complexity index is 1580. The van der Waals surface area contributed by atoms with Gasteiger partial charge in [0.2, 0.25) is 11.8 Å². The molecule has 4 aromatic rings. The number of ether oxygens (including phenoxy) is 3. The van der Waals surface area contributed by atoms with Gasteiger partial charge in [0.15, 0.2) is 29.4 Å². The molecule has 0 bridgehead atoms. The topological polar surface area (TPSA) is 192 Å². The van der Waals surface area contributed by atoms with Crippen molar-refractivity contribution in [2.24, 2.45) is 0 Å². The maximum Gasteiger partial charge on any atom is 0.224 e. The van der Waals surface area contributed by atoms with Crippen molar-refractivity contribution in [2.45, 2.75) is 63.4 Å². The first-order valence-electron chi connectivity index (χ1n) is 13.0. The van der Waals surface area contributed by atoms with Crippen LogP contribution >= 0.6 is 0 Å². The minimum Gasteiger partial charge on any atom is -0.494 e. The van der Waals surface area contributed by atoms with Crippen LogP contribution in [0, 0.1) is 0 Å². The van der Waals surface area contributed by atoms with Crippen molar-refractivity contribution in [3.8, 4) is 5.88 Å². The van der Waals surface area contributed by atoms with E-state index in [1.165, 1.54) is 6.33 Å². The lowest BCUT2D eigenvalue weighted by atomic mass is 10.1. The van der Waals surface area contributed by atoms with Gasteiger partial charge in [0.1, 0.15) is 30.2 Å². The van der Waals surface area contributed by atoms with Gasteiger partial charge in [-0.3, -0.25) is 14.2 Å².